The topological polar surface area (TPSA) is 67.1 Å². The number of nitrogens with two attached hydrogens (primary N) is 1. The molecule has 2 heterocycles. The quantitative estimate of drug-likeness (QED) is 0.820. The summed E-state index contributed by atoms with van der Waals surface area (Å²) in [6.45, 7) is 8.61. The number of hydrogen-bond acceptors (Lipinski definition) is 5. The van der Waals surface area contributed by atoms with E-state index < -0.39 is 5.92 Å². The standard InChI is InChI=1S/C20H29F2N5/c1-13-7-5-6-8-14(13)11-24-16-15(23)17(26-18(25-16)19(2,3)4)27-10-9-20(21,22)12-27/h6,8H,5,7,9-12,23H2,1-4H3,(H,24,25,26). The van der Waals surface area contributed by atoms with Crippen molar-refractivity contribution in [2.45, 2.75) is 58.3 Å². The summed E-state index contributed by atoms with van der Waals surface area (Å²) in [5.41, 5.74) is 8.87. The third kappa shape index (κ3) is 4.39. The second-order valence-electron chi connectivity index (χ2n) is 8.51. The van der Waals surface area contributed by atoms with Gasteiger partial charge in [-0.15, -0.1) is 0 Å². The Hall–Kier alpha value is -2.18. The number of alkyl halides is 2. The third-order valence-corrected chi connectivity index (χ3v) is 5.07. The lowest BCUT2D eigenvalue weighted by Gasteiger charge is -2.25. The molecule has 0 amide bonds. The van der Waals surface area contributed by atoms with E-state index in [0.29, 0.717) is 29.7 Å². The lowest BCUT2D eigenvalue weighted by Crippen LogP contribution is -2.29. The van der Waals surface area contributed by atoms with Gasteiger partial charge < -0.3 is 16.0 Å². The Kier molecular flexibility index (Phi) is 5.14. The van der Waals surface area contributed by atoms with E-state index in [2.05, 4.69) is 34.4 Å². The molecule has 0 unspecified atom stereocenters. The van der Waals surface area contributed by atoms with Gasteiger partial charge in [0.15, 0.2) is 11.6 Å². The molecule has 3 rings (SSSR count). The summed E-state index contributed by atoms with van der Waals surface area (Å²) in [6, 6.07) is 0. The van der Waals surface area contributed by atoms with Gasteiger partial charge >= 0.3 is 0 Å². The van der Waals surface area contributed by atoms with Crippen LogP contribution in [0.25, 0.3) is 0 Å². The van der Waals surface area contributed by atoms with Crippen LogP contribution in [0.1, 0.15) is 52.8 Å². The number of rotatable bonds is 4. The molecular weight excluding hydrogens is 348 g/mol. The molecule has 7 heteroatoms. The van der Waals surface area contributed by atoms with Gasteiger partial charge in [0, 0.05) is 24.9 Å². The summed E-state index contributed by atoms with van der Waals surface area (Å²) in [6.07, 6.45) is 6.21. The van der Waals surface area contributed by atoms with Crippen LogP contribution in [0, 0.1) is 0 Å². The van der Waals surface area contributed by atoms with Crippen molar-refractivity contribution in [3.05, 3.63) is 29.1 Å². The van der Waals surface area contributed by atoms with Crippen LogP contribution in [0.5, 0.6) is 0 Å². The summed E-state index contributed by atoms with van der Waals surface area (Å²) in [4.78, 5) is 10.7. The largest absolute Gasteiger partial charge is 0.393 e. The highest BCUT2D eigenvalue weighted by molar-refractivity contribution is 5.76. The highest BCUT2D eigenvalue weighted by atomic mass is 19.3. The maximum absolute atomic E-state index is 13.7. The highest BCUT2D eigenvalue weighted by Crippen LogP contribution is 2.36. The summed E-state index contributed by atoms with van der Waals surface area (Å²) in [7, 11) is 0. The van der Waals surface area contributed by atoms with Gasteiger partial charge in [0.05, 0.1) is 6.54 Å². The number of nitrogens with zero attached hydrogens (tertiary/aromatic N) is 3. The fraction of sp³-hybridized carbons (Fsp3) is 0.600. The van der Waals surface area contributed by atoms with Crippen LogP contribution >= 0.6 is 0 Å². The van der Waals surface area contributed by atoms with E-state index in [0.717, 1.165) is 12.8 Å². The van der Waals surface area contributed by atoms with Crippen LogP contribution in [-0.4, -0.2) is 35.5 Å². The van der Waals surface area contributed by atoms with Gasteiger partial charge in [0.25, 0.3) is 5.92 Å². The Bertz CT molecular complexity index is 777. The van der Waals surface area contributed by atoms with Gasteiger partial charge in [-0.1, -0.05) is 38.5 Å². The lowest BCUT2D eigenvalue weighted by molar-refractivity contribution is 0.0257. The van der Waals surface area contributed by atoms with Gasteiger partial charge in [-0.25, -0.2) is 18.7 Å². The summed E-state index contributed by atoms with van der Waals surface area (Å²) < 4.78 is 27.5. The van der Waals surface area contributed by atoms with E-state index in [1.807, 2.05) is 20.8 Å². The fourth-order valence-corrected chi connectivity index (χ4v) is 3.30. The zero-order chi connectivity index (χ0) is 19.8. The molecule has 1 fully saturated rings. The molecule has 1 aromatic heterocycles. The molecule has 27 heavy (non-hydrogen) atoms. The zero-order valence-electron chi connectivity index (χ0n) is 16.6. The summed E-state index contributed by atoms with van der Waals surface area (Å²) >= 11 is 0. The first-order chi connectivity index (χ1) is 12.6. The number of anilines is 3. The molecule has 0 aromatic carbocycles. The molecule has 0 saturated carbocycles. The lowest BCUT2D eigenvalue weighted by atomic mass is 9.95. The summed E-state index contributed by atoms with van der Waals surface area (Å²) in [5, 5.41) is 3.31. The molecule has 1 aliphatic carbocycles. The SMILES string of the molecule is CC1=C(CNc2nc(C(C)(C)C)nc(N3CCC(F)(F)C3)c2N)C=CCC1. The number of nitrogen functional groups attached to an aromatic ring is 1. The molecule has 148 valence electrons. The minimum atomic E-state index is -2.71. The molecule has 3 N–H and O–H groups in total. The minimum absolute atomic E-state index is 0.180. The molecule has 2 aliphatic rings. The first kappa shape index (κ1) is 19.6. The Labute approximate surface area is 159 Å². The van der Waals surface area contributed by atoms with Crippen LogP contribution < -0.4 is 16.0 Å². The predicted octanol–water partition coefficient (Wildman–Crippen LogP) is 4.28. The Morgan fingerprint density at radius 1 is 1.30 bits per heavy atom. The monoisotopic (exact) mass is 377 g/mol. The Morgan fingerprint density at radius 3 is 2.63 bits per heavy atom. The number of halogens is 2. The van der Waals surface area contributed by atoms with Crippen LogP contribution in [0.4, 0.5) is 26.1 Å². The Morgan fingerprint density at radius 2 is 2.04 bits per heavy atom. The molecule has 0 radical (unpaired) electrons. The second kappa shape index (κ2) is 7.09. The molecule has 1 aromatic rings. The zero-order valence-corrected chi connectivity index (χ0v) is 16.6. The predicted molar refractivity (Wildman–Crippen MR) is 106 cm³/mol. The number of aromatic nitrogens is 2. The molecule has 5 nitrogen and oxygen atoms in total. The van der Waals surface area contributed by atoms with Crippen molar-refractivity contribution < 1.29 is 8.78 Å². The molecule has 0 atom stereocenters. The van der Waals surface area contributed by atoms with Crippen molar-refractivity contribution in [1.29, 1.82) is 0 Å². The molecule has 1 aliphatic heterocycles. The third-order valence-electron chi connectivity index (χ3n) is 5.07. The molecule has 1 saturated heterocycles. The average molecular weight is 377 g/mol. The maximum Gasteiger partial charge on any atom is 0.266 e. The van der Waals surface area contributed by atoms with Gasteiger partial charge in [0.1, 0.15) is 11.5 Å². The summed E-state index contributed by atoms with van der Waals surface area (Å²) in [5.74, 6) is -1.20. The van der Waals surface area contributed by atoms with Crippen LogP contribution in [0.3, 0.4) is 0 Å². The van der Waals surface area contributed by atoms with E-state index in [1.54, 1.807) is 4.90 Å². The highest BCUT2D eigenvalue weighted by Gasteiger charge is 2.40. The minimum Gasteiger partial charge on any atom is -0.393 e. The van der Waals surface area contributed by atoms with E-state index in [1.165, 1.54) is 11.1 Å². The van der Waals surface area contributed by atoms with Crippen LogP contribution in [-0.2, 0) is 5.41 Å². The van der Waals surface area contributed by atoms with Crippen molar-refractivity contribution in [3.8, 4) is 0 Å². The van der Waals surface area contributed by atoms with Gasteiger partial charge in [0.2, 0.25) is 0 Å². The van der Waals surface area contributed by atoms with E-state index in [9.17, 15) is 8.78 Å². The number of allylic oxidation sites excluding steroid dienone is 2. The van der Waals surface area contributed by atoms with Gasteiger partial charge in [-0.3, -0.25) is 0 Å². The average Bonchev–Trinajstić information content (AvgIpc) is 2.94. The van der Waals surface area contributed by atoms with Crippen molar-refractivity contribution >= 4 is 17.3 Å². The molecular formula is C20H29F2N5. The second-order valence-corrected chi connectivity index (χ2v) is 8.51. The number of hydrogen-bond donors (Lipinski definition) is 2. The molecule has 0 bridgehead atoms. The Balaban J connectivity index is 1.93. The van der Waals surface area contributed by atoms with E-state index in [-0.39, 0.29) is 24.9 Å². The first-order valence-corrected chi connectivity index (χ1v) is 9.47. The van der Waals surface area contributed by atoms with Crippen molar-refractivity contribution in [2.24, 2.45) is 0 Å². The smallest absolute Gasteiger partial charge is 0.266 e. The molecule has 0 spiro atoms. The van der Waals surface area contributed by atoms with Crippen molar-refractivity contribution in [2.75, 3.05) is 35.6 Å². The van der Waals surface area contributed by atoms with Crippen molar-refractivity contribution in [1.82, 2.24) is 9.97 Å². The van der Waals surface area contributed by atoms with E-state index in [4.69, 9.17) is 5.73 Å². The van der Waals surface area contributed by atoms with Gasteiger partial charge in [-0.2, -0.15) is 0 Å². The first-order valence-electron chi connectivity index (χ1n) is 9.47. The van der Waals surface area contributed by atoms with Crippen molar-refractivity contribution in [3.63, 3.8) is 0 Å². The number of nitrogens with one attached hydrogen (secondary N) is 1. The van der Waals surface area contributed by atoms with Gasteiger partial charge in [-0.05, 0) is 25.3 Å². The van der Waals surface area contributed by atoms with E-state index >= 15 is 0 Å². The van der Waals surface area contributed by atoms with Crippen LogP contribution in [0.15, 0.2) is 23.3 Å². The maximum atomic E-state index is 13.7. The van der Waals surface area contributed by atoms with Crippen LogP contribution in [0.2, 0.25) is 0 Å². The normalized spacial score (nSPS) is 19.7. The fourth-order valence-electron chi connectivity index (χ4n) is 3.30.